The number of ether oxygens (including phenoxy) is 3. The van der Waals surface area contributed by atoms with Crippen molar-refractivity contribution in [2.24, 2.45) is 4.99 Å². The van der Waals surface area contributed by atoms with E-state index in [9.17, 15) is 9.59 Å². The zero-order valence-corrected chi connectivity index (χ0v) is 16.3. The highest BCUT2D eigenvalue weighted by Gasteiger charge is 2.34. The number of benzene rings is 1. The third kappa shape index (κ3) is 3.78. The van der Waals surface area contributed by atoms with Gasteiger partial charge in [-0.1, -0.05) is 0 Å². The molecule has 0 spiro atoms. The lowest BCUT2D eigenvalue weighted by Gasteiger charge is -2.11. The molecule has 2 aromatic rings. The van der Waals surface area contributed by atoms with Crippen LogP contribution in [0, 0.1) is 13.8 Å². The van der Waals surface area contributed by atoms with Crippen LogP contribution in [0.4, 0.5) is 0 Å². The molecule has 0 bridgehead atoms. The molecular weight excluding hydrogens is 360 g/mol. The molecule has 28 heavy (non-hydrogen) atoms. The highest BCUT2D eigenvalue weighted by molar-refractivity contribution is 6.22. The summed E-state index contributed by atoms with van der Waals surface area (Å²) < 4.78 is 16.6. The largest absolute Gasteiger partial charge is 0.497 e. The average Bonchev–Trinajstić information content (AvgIpc) is 2.97. The van der Waals surface area contributed by atoms with E-state index < -0.39 is 11.9 Å². The van der Waals surface area contributed by atoms with Crippen molar-refractivity contribution in [2.45, 2.75) is 27.7 Å². The highest BCUT2D eigenvalue weighted by Crippen LogP contribution is 2.37. The van der Waals surface area contributed by atoms with Crippen molar-refractivity contribution in [3.05, 3.63) is 58.5 Å². The van der Waals surface area contributed by atoms with Crippen molar-refractivity contribution >= 4 is 23.3 Å². The van der Waals surface area contributed by atoms with Gasteiger partial charge in [0.15, 0.2) is 11.5 Å². The molecule has 0 saturated heterocycles. The maximum atomic E-state index is 11.8. The maximum Gasteiger partial charge on any atom is 0.308 e. The molecule has 0 fully saturated rings. The predicted molar refractivity (Wildman–Crippen MR) is 103 cm³/mol. The predicted octanol–water partition coefficient (Wildman–Crippen LogP) is 3.37. The summed E-state index contributed by atoms with van der Waals surface area (Å²) in [4.78, 5) is 32.1. The molecule has 0 atom stereocenters. The Morgan fingerprint density at radius 2 is 1.79 bits per heavy atom. The lowest BCUT2D eigenvalue weighted by atomic mass is 10.0. The van der Waals surface area contributed by atoms with E-state index >= 15 is 0 Å². The molecular formula is C21H20N2O5. The number of aliphatic imine (C=N–C) groups is 1. The molecule has 7 nitrogen and oxygen atoms in total. The summed E-state index contributed by atoms with van der Waals surface area (Å²) in [7, 11) is 1.56. The van der Waals surface area contributed by atoms with E-state index in [0.29, 0.717) is 28.5 Å². The minimum atomic E-state index is -0.527. The fourth-order valence-corrected chi connectivity index (χ4v) is 2.96. The van der Waals surface area contributed by atoms with E-state index in [2.05, 4.69) is 9.98 Å². The van der Waals surface area contributed by atoms with Gasteiger partial charge >= 0.3 is 5.97 Å². The number of amides is 1. The molecule has 0 N–H and O–H groups in total. The van der Waals surface area contributed by atoms with E-state index in [1.807, 2.05) is 19.9 Å². The third-order valence-corrected chi connectivity index (χ3v) is 4.04. The Labute approximate surface area is 162 Å². The van der Waals surface area contributed by atoms with Crippen LogP contribution in [0.25, 0.3) is 5.76 Å². The van der Waals surface area contributed by atoms with E-state index in [1.165, 1.54) is 13.8 Å². The normalized spacial score (nSPS) is 15.7. The molecule has 0 unspecified atom stereocenters. The first-order chi connectivity index (χ1) is 13.3. The number of esters is 1. The summed E-state index contributed by atoms with van der Waals surface area (Å²) in [5.41, 5.74) is 3.09. The minimum Gasteiger partial charge on any atom is -0.497 e. The van der Waals surface area contributed by atoms with Gasteiger partial charge in [-0.05, 0) is 49.7 Å². The van der Waals surface area contributed by atoms with Gasteiger partial charge in [0.25, 0.3) is 0 Å². The number of allylic oxidation sites excluding steroid dienone is 1. The van der Waals surface area contributed by atoms with Crippen LogP contribution >= 0.6 is 0 Å². The zero-order chi connectivity index (χ0) is 20.4. The lowest BCUT2D eigenvalue weighted by Crippen LogP contribution is -2.11. The number of carbonyl (C=O) groups is 2. The number of pyridine rings is 1. The number of nitrogens with zero attached hydrogens (tertiary/aromatic N) is 2. The smallest absolute Gasteiger partial charge is 0.308 e. The number of rotatable bonds is 3. The van der Waals surface area contributed by atoms with Crippen molar-refractivity contribution in [3.63, 3.8) is 0 Å². The summed E-state index contributed by atoms with van der Waals surface area (Å²) in [5.74, 6) is 0.377. The van der Waals surface area contributed by atoms with Gasteiger partial charge in [0.2, 0.25) is 11.8 Å². The van der Waals surface area contributed by atoms with Gasteiger partial charge < -0.3 is 14.2 Å². The van der Waals surface area contributed by atoms with Crippen LogP contribution in [0.15, 0.2) is 41.1 Å². The molecule has 1 aromatic heterocycles. The van der Waals surface area contributed by atoms with E-state index in [1.54, 1.807) is 31.4 Å². The van der Waals surface area contributed by atoms with Crippen LogP contribution in [0.2, 0.25) is 0 Å². The Kier molecular flexibility index (Phi) is 5.26. The third-order valence-electron chi connectivity index (χ3n) is 4.04. The SMILES string of the molecule is COc1ccc(/C(OC(C)=O)=C2\Oc3nc(C)cc(C)c3C2=NC(C)=O)cc1. The number of fused-ring (bicyclic) bond motifs is 1. The molecule has 0 aliphatic carbocycles. The van der Waals surface area contributed by atoms with Gasteiger partial charge in [-0.25, -0.2) is 9.98 Å². The number of aromatic nitrogens is 1. The van der Waals surface area contributed by atoms with Crippen molar-refractivity contribution in [1.29, 1.82) is 0 Å². The topological polar surface area (TPSA) is 87.1 Å². The lowest BCUT2D eigenvalue weighted by molar-refractivity contribution is -0.134. The summed E-state index contributed by atoms with van der Waals surface area (Å²) in [6.07, 6.45) is 0. The van der Waals surface area contributed by atoms with Crippen molar-refractivity contribution in [1.82, 2.24) is 4.98 Å². The van der Waals surface area contributed by atoms with Crippen LogP contribution < -0.4 is 9.47 Å². The molecule has 1 aromatic carbocycles. The Hall–Kier alpha value is -3.48. The molecule has 0 radical (unpaired) electrons. The fourth-order valence-electron chi connectivity index (χ4n) is 2.96. The maximum absolute atomic E-state index is 11.8. The van der Waals surface area contributed by atoms with E-state index in [4.69, 9.17) is 14.2 Å². The first kappa shape index (κ1) is 19.3. The summed E-state index contributed by atoms with van der Waals surface area (Å²) in [6.45, 7) is 6.37. The van der Waals surface area contributed by atoms with Gasteiger partial charge in [0, 0.05) is 25.1 Å². The monoisotopic (exact) mass is 380 g/mol. The van der Waals surface area contributed by atoms with E-state index in [0.717, 1.165) is 11.3 Å². The number of hydrogen-bond donors (Lipinski definition) is 0. The Morgan fingerprint density at radius 3 is 2.36 bits per heavy atom. The van der Waals surface area contributed by atoms with Crippen molar-refractivity contribution in [3.8, 4) is 11.6 Å². The van der Waals surface area contributed by atoms with E-state index in [-0.39, 0.29) is 11.5 Å². The standard InChI is InChI=1S/C21H20N2O5/c1-11-10-12(2)22-21-17(11)18(23-13(3)24)20(28-21)19(27-14(4)25)15-6-8-16(26-5)9-7-15/h6-10H,1-5H3/b20-19+,23-18?. The molecule has 1 aliphatic heterocycles. The van der Waals surface area contributed by atoms with Crippen LogP contribution in [0.3, 0.4) is 0 Å². The number of aryl methyl sites for hydroxylation is 2. The molecule has 1 amide bonds. The first-order valence-corrected chi connectivity index (χ1v) is 8.63. The van der Waals surface area contributed by atoms with Crippen LogP contribution in [-0.2, 0) is 14.3 Å². The summed E-state index contributed by atoms with van der Waals surface area (Å²) >= 11 is 0. The molecule has 144 valence electrons. The molecule has 0 saturated carbocycles. The average molecular weight is 380 g/mol. The second-order valence-electron chi connectivity index (χ2n) is 6.32. The zero-order valence-electron chi connectivity index (χ0n) is 16.3. The van der Waals surface area contributed by atoms with Crippen LogP contribution in [-0.4, -0.2) is 29.7 Å². The number of carbonyl (C=O) groups excluding carboxylic acids is 2. The van der Waals surface area contributed by atoms with Crippen LogP contribution in [0.5, 0.6) is 11.6 Å². The Morgan fingerprint density at radius 1 is 1.11 bits per heavy atom. The second-order valence-corrected chi connectivity index (χ2v) is 6.32. The molecule has 7 heteroatoms. The molecule has 1 aliphatic rings. The van der Waals surface area contributed by atoms with Gasteiger partial charge in [0.05, 0.1) is 12.7 Å². The van der Waals surface area contributed by atoms with Crippen molar-refractivity contribution in [2.75, 3.05) is 7.11 Å². The summed E-state index contributed by atoms with van der Waals surface area (Å²) in [6, 6.07) is 8.80. The van der Waals surface area contributed by atoms with Gasteiger partial charge in [0.1, 0.15) is 11.5 Å². The Bertz CT molecular complexity index is 1020. The number of methoxy groups -OCH3 is 1. The highest BCUT2D eigenvalue weighted by atomic mass is 16.6. The summed E-state index contributed by atoms with van der Waals surface area (Å²) in [5, 5.41) is 0. The van der Waals surface area contributed by atoms with Gasteiger partial charge in [-0.3, -0.25) is 9.59 Å². The molecule has 2 heterocycles. The first-order valence-electron chi connectivity index (χ1n) is 8.63. The van der Waals surface area contributed by atoms with Gasteiger partial charge in [-0.15, -0.1) is 0 Å². The molecule has 3 rings (SSSR count). The number of hydrogen-bond acceptors (Lipinski definition) is 6. The Balaban J connectivity index is 2.26. The second kappa shape index (κ2) is 7.64. The van der Waals surface area contributed by atoms with Crippen molar-refractivity contribution < 1.29 is 23.8 Å². The minimum absolute atomic E-state index is 0.158. The quantitative estimate of drug-likeness (QED) is 0.599. The van der Waals surface area contributed by atoms with Gasteiger partial charge in [-0.2, -0.15) is 0 Å². The van der Waals surface area contributed by atoms with Crippen LogP contribution in [0.1, 0.15) is 36.2 Å². The fraction of sp³-hybridized carbons (Fsp3) is 0.238.